The summed E-state index contributed by atoms with van der Waals surface area (Å²) < 4.78 is 17.0. The summed E-state index contributed by atoms with van der Waals surface area (Å²) in [6.45, 7) is 14.5. The first kappa shape index (κ1) is 49.0. The van der Waals surface area contributed by atoms with Crippen molar-refractivity contribution in [2.24, 2.45) is 23.7 Å². The number of fused-ring (bicyclic) bond motifs is 1. The molecule has 2 aliphatic rings. The molecule has 3 amide bonds. The molecule has 0 saturated carbocycles. The molecule has 330 valence electrons. The second-order valence-electron chi connectivity index (χ2n) is 17.0. The lowest BCUT2D eigenvalue weighted by molar-refractivity contribution is -0.161. The topological polar surface area (TPSA) is 190 Å². The van der Waals surface area contributed by atoms with E-state index in [0.717, 1.165) is 12.0 Å². The largest absolute Gasteiger partial charge is 0.497 e. The molecule has 9 atom stereocenters. The number of methoxy groups -OCH3 is 1. The van der Waals surface area contributed by atoms with Crippen molar-refractivity contribution >= 4 is 41.2 Å². The Kier molecular flexibility index (Phi) is 19.0. The van der Waals surface area contributed by atoms with Crippen LogP contribution in [0.2, 0.25) is 0 Å². The van der Waals surface area contributed by atoms with Gasteiger partial charge in [0, 0.05) is 32.5 Å². The molecule has 0 unspecified atom stereocenters. The Hall–Kier alpha value is -4.37. The summed E-state index contributed by atoms with van der Waals surface area (Å²) in [6, 6.07) is 2.79. The first-order valence-corrected chi connectivity index (χ1v) is 21.2. The molecule has 0 aromatic heterocycles. The van der Waals surface area contributed by atoms with E-state index >= 15 is 0 Å². The molecule has 15 heteroatoms. The van der Waals surface area contributed by atoms with Gasteiger partial charge >= 0.3 is 11.9 Å². The van der Waals surface area contributed by atoms with Gasteiger partial charge in [-0.15, -0.1) is 0 Å². The van der Waals surface area contributed by atoms with E-state index in [9.17, 15) is 33.6 Å². The van der Waals surface area contributed by atoms with Gasteiger partial charge in [0.15, 0.2) is 17.7 Å². The van der Waals surface area contributed by atoms with Crippen LogP contribution in [0.4, 0.5) is 0 Å². The Morgan fingerprint density at radius 3 is 2.17 bits per heavy atom. The monoisotopic (exact) mass is 828 g/mol. The van der Waals surface area contributed by atoms with Gasteiger partial charge < -0.3 is 40.0 Å². The van der Waals surface area contributed by atoms with Crippen LogP contribution >= 0.6 is 0 Å². The fourth-order valence-electron chi connectivity index (χ4n) is 7.80. The second-order valence-corrected chi connectivity index (χ2v) is 17.0. The Labute approximate surface area is 350 Å². The van der Waals surface area contributed by atoms with E-state index in [0.29, 0.717) is 25.0 Å². The molecule has 1 aromatic rings. The fourth-order valence-corrected chi connectivity index (χ4v) is 7.80. The summed E-state index contributed by atoms with van der Waals surface area (Å²) >= 11 is 0. The zero-order valence-electron chi connectivity index (χ0n) is 37.0. The Balaban J connectivity index is 2.08. The molecule has 15 nitrogen and oxygen atoms in total. The molecule has 0 spiro atoms. The third-order valence-corrected chi connectivity index (χ3v) is 11.7. The van der Waals surface area contributed by atoms with Crippen LogP contribution in [0.1, 0.15) is 99.5 Å². The maximum atomic E-state index is 14.5. The highest BCUT2D eigenvalue weighted by Crippen LogP contribution is 2.25. The van der Waals surface area contributed by atoms with Crippen molar-refractivity contribution in [1.29, 1.82) is 0 Å². The number of hydrogen-bond donors (Lipinski definition) is 3. The van der Waals surface area contributed by atoms with Gasteiger partial charge in [-0.1, -0.05) is 60.1 Å². The number of likely N-dealkylation sites (N-methyl/N-ethyl adjacent to an activating group) is 2. The molecular weight excluding hydrogens is 759 g/mol. The number of amides is 3. The van der Waals surface area contributed by atoms with Crippen LogP contribution in [0, 0.1) is 23.7 Å². The van der Waals surface area contributed by atoms with Crippen molar-refractivity contribution in [1.82, 2.24) is 25.8 Å². The molecule has 0 aliphatic carbocycles. The minimum Gasteiger partial charge on any atom is -0.497 e. The number of rotatable bonds is 9. The molecule has 2 aliphatic heterocycles. The maximum Gasteiger partial charge on any atom is 0.329 e. The van der Waals surface area contributed by atoms with Gasteiger partial charge in [-0.3, -0.25) is 28.8 Å². The lowest BCUT2D eigenvalue weighted by Crippen LogP contribution is -2.57. The van der Waals surface area contributed by atoms with Crippen LogP contribution in [-0.2, 0) is 49.5 Å². The number of cyclic esters (lactones) is 2. The minimum absolute atomic E-state index is 0.0411. The summed E-state index contributed by atoms with van der Waals surface area (Å²) in [5.74, 6) is -4.89. The number of esters is 2. The normalized spacial score (nSPS) is 28.5. The number of nitrogens with one attached hydrogen (secondary N) is 3. The molecule has 0 radical (unpaired) electrons. The summed E-state index contributed by atoms with van der Waals surface area (Å²) in [5, 5.41) is 9.08. The van der Waals surface area contributed by atoms with Crippen LogP contribution in [0.5, 0.6) is 5.75 Å². The highest BCUT2D eigenvalue weighted by atomic mass is 16.6. The van der Waals surface area contributed by atoms with E-state index in [1.165, 1.54) is 23.8 Å². The lowest BCUT2D eigenvalue weighted by Gasteiger charge is -2.35. The average Bonchev–Trinajstić information content (AvgIpc) is 3.70. The van der Waals surface area contributed by atoms with Crippen molar-refractivity contribution in [2.45, 2.75) is 143 Å². The van der Waals surface area contributed by atoms with E-state index < -0.39 is 83.7 Å². The number of hydrogen-bond acceptors (Lipinski definition) is 12. The maximum absolute atomic E-state index is 14.5. The lowest BCUT2D eigenvalue weighted by atomic mass is 9.92. The SMILES string of the molecule is CC[C@H](C)[C@@H]1CCC(=O)O[C@@H](C(C)C)C(=O)[C@H](C)C(=O)N[C@@H](CC(C)C)C(=O)N2CCC[C@H]2C(=O)N(C)[C@@H](Cc2ccc(OC)cc2)C(=O)O[C@H](C)[C@H](NC)C(=O)CN1. The number of nitrogens with zero attached hydrogens (tertiary/aromatic N) is 2. The fraction of sp³-hybridized carbons (Fsp3) is 0.705. The first-order chi connectivity index (χ1) is 27.8. The zero-order chi connectivity index (χ0) is 44.1. The number of ketones is 2. The molecule has 3 rings (SSSR count). The average molecular weight is 828 g/mol. The number of carbonyl (C=O) groups excluding carboxylic acids is 7. The van der Waals surface area contributed by atoms with Crippen LogP contribution in [0.3, 0.4) is 0 Å². The molecular formula is C44H69N5O10. The summed E-state index contributed by atoms with van der Waals surface area (Å²) in [5.41, 5.74) is 0.723. The predicted molar refractivity (Wildman–Crippen MR) is 222 cm³/mol. The van der Waals surface area contributed by atoms with Gasteiger partial charge in [-0.2, -0.15) is 0 Å². The second kappa shape index (κ2) is 22.8. The van der Waals surface area contributed by atoms with Gasteiger partial charge in [0.2, 0.25) is 17.7 Å². The van der Waals surface area contributed by atoms with Gasteiger partial charge in [0.1, 0.15) is 36.0 Å². The van der Waals surface area contributed by atoms with Crippen LogP contribution in [-0.4, -0.2) is 128 Å². The van der Waals surface area contributed by atoms with Gasteiger partial charge in [0.05, 0.1) is 19.6 Å². The molecule has 1 aromatic carbocycles. The van der Waals surface area contributed by atoms with E-state index in [-0.39, 0.29) is 56.0 Å². The number of Topliss-reactive ketones (excluding diaryl/α,β-unsaturated/α-hetero) is 2. The smallest absolute Gasteiger partial charge is 0.329 e. The van der Waals surface area contributed by atoms with Gasteiger partial charge in [0.25, 0.3) is 0 Å². The minimum atomic E-state index is -1.25. The summed E-state index contributed by atoms with van der Waals surface area (Å²) in [4.78, 5) is 100. The zero-order valence-corrected chi connectivity index (χ0v) is 37.0. The Morgan fingerprint density at radius 1 is 0.932 bits per heavy atom. The predicted octanol–water partition coefficient (Wildman–Crippen LogP) is 3.25. The first-order valence-electron chi connectivity index (χ1n) is 21.2. The highest BCUT2D eigenvalue weighted by Gasteiger charge is 2.43. The van der Waals surface area contributed by atoms with Gasteiger partial charge in [-0.25, -0.2) is 4.79 Å². The quantitative estimate of drug-likeness (QED) is 0.244. The summed E-state index contributed by atoms with van der Waals surface area (Å²) in [6.07, 6.45) is 0.0397. The number of benzene rings is 1. The third kappa shape index (κ3) is 13.3. The van der Waals surface area contributed by atoms with Crippen LogP contribution in [0.25, 0.3) is 0 Å². The number of ether oxygens (including phenoxy) is 3. The molecule has 59 heavy (non-hydrogen) atoms. The Bertz CT molecular complexity index is 1620. The molecule has 2 fully saturated rings. The molecule has 3 N–H and O–H groups in total. The van der Waals surface area contributed by atoms with Crippen molar-refractivity contribution in [3.05, 3.63) is 29.8 Å². The van der Waals surface area contributed by atoms with Crippen molar-refractivity contribution in [2.75, 3.05) is 34.3 Å². The van der Waals surface area contributed by atoms with Crippen molar-refractivity contribution in [3.8, 4) is 5.75 Å². The van der Waals surface area contributed by atoms with E-state index in [1.54, 1.807) is 59.2 Å². The standard InChI is InChI=1S/C44H69N5O10/c1-12-27(6)32-19-20-37(51)59-40(26(4)5)39(52)28(7)41(53)47-33(22-25(2)3)42(54)49-21-13-14-34(49)43(55)48(10)35(23-30-15-17-31(57-11)18-16-30)44(56)58-29(8)38(45-9)36(50)24-46-32/h15-18,25-29,32-35,38,40,45-46H,12-14,19-24H2,1-11H3,(H,47,53)/t27-,28-,29+,32-,33-,34-,35-,38-,40-/m0/s1. The molecule has 0 bridgehead atoms. The van der Waals surface area contributed by atoms with Gasteiger partial charge in [-0.05, 0) is 82.0 Å². The Morgan fingerprint density at radius 2 is 1.59 bits per heavy atom. The highest BCUT2D eigenvalue weighted by molar-refractivity contribution is 6.05. The molecule has 2 heterocycles. The number of carbonyl (C=O) groups is 7. The van der Waals surface area contributed by atoms with Crippen molar-refractivity contribution < 1.29 is 47.8 Å². The third-order valence-electron chi connectivity index (χ3n) is 11.7. The van der Waals surface area contributed by atoms with Crippen LogP contribution in [0.15, 0.2) is 24.3 Å². The van der Waals surface area contributed by atoms with Crippen molar-refractivity contribution in [3.63, 3.8) is 0 Å². The van der Waals surface area contributed by atoms with E-state index in [2.05, 4.69) is 16.0 Å². The molecule has 2 saturated heterocycles. The van der Waals surface area contributed by atoms with E-state index in [1.807, 2.05) is 27.7 Å². The van der Waals surface area contributed by atoms with E-state index in [4.69, 9.17) is 14.2 Å². The van der Waals surface area contributed by atoms with Crippen LogP contribution < -0.4 is 20.7 Å². The summed E-state index contributed by atoms with van der Waals surface area (Å²) in [7, 11) is 4.65.